The highest BCUT2D eigenvalue weighted by atomic mass is 16.5. The van der Waals surface area contributed by atoms with Crippen LogP contribution >= 0.6 is 0 Å². The van der Waals surface area contributed by atoms with Gasteiger partial charge in [-0.25, -0.2) is 9.67 Å². The summed E-state index contributed by atoms with van der Waals surface area (Å²) in [5.74, 6) is 0.475. The molecule has 150 valence electrons. The summed E-state index contributed by atoms with van der Waals surface area (Å²) in [7, 11) is 8.35. The Morgan fingerprint density at radius 3 is 2.60 bits per heavy atom. The van der Waals surface area contributed by atoms with E-state index in [0.29, 0.717) is 11.4 Å². The highest BCUT2D eigenvalue weighted by molar-refractivity contribution is 6.38. The molecule has 1 atom stereocenters. The summed E-state index contributed by atoms with van der Waals surface area (Å²) < 4.78 is 9.73. The third-order valence-corrected chi connectivity index (χ3v) is 6.13. The van der Waals surface area contributed by atoms with E-state index in [1.165, 1.54) is 5.56 Å². The van der Waals surface area contributed by atoms with Crippen molar-refractivity contribution in [3.05, 3.63) is 60.0 Å². The second-order valence-electron chi connectivity index (χ2n) is 8.04. The topological polar surface area (TPSA) is 57.8 Å². The van der Waals surface area contributed by atoms with Crippen molar-refractivity contribution in [3.63, 3.8) is 0 Å². The SMILES string of the molecule is [B]c1cc(-c2c(C)nnn2C)cc2c1ncn2C(c1ccccc1)C1CCOCC1. The Balaban J connectivity index is 1.70. The summed E-state index contributed by atoms with van der Waals surface area (Å²) in [6, 6.07) is 15.0. The fourth-order valence-electron chi connectivity index (χ4n) is 4.72. The number of hydrogen-bond acceptors (Lipinski definition) is 4. The highest BCUT2D eigenvalue weighted by Gasteiger charge is 2.28. The minimum atomic E-state index is 0.181. The number of aryl methyl sites for hydroxylation is 2. The summed E-state index contributed by atoms with van der Waals surface area (Å²) >= 11 is 0. The normalized spacial score (nSPS) is 16.2. The maximum absolute atomic E-state index is 6.45. The Morgan fingerprint density at radius 2 is 1.90 bits per heavy atom. The van der Waals surface area contributed by atoms with Gasteiger partial charge < -0.3 is 9.30 Å². The first-order chi connectivity index (χ1) is 14.6. The van der Waals surface area contributed by atoms with Crippen LogP contribution in [0.25, 0.3) is 22.3 Å². The van der Waals surface area contributed by atoms with Crippen molar-refractivity contribution < 1.29 is 4.74 Å². The zero-order valence-corrected chi connectivity index (χ0v) is 17.3. The summed E-state index contributed by atoms with van der Waals surface area (Å²) in [4.78, 5) is 4.70. The van der Waals surface area contributed by atoms with Crippen molar-refractivity contribution in [2.45, 2.75) is 25.8 Å². The molecule has 0 spiro atoms. The second-order valence-corrected chi connectivity index (χ2v) is 8.04. The Kier molecular flexibility index (Phi) is 4.91. The van der Waals surface area contributed by atoms with Crippen LogP contribution in [0.3, 0.4) is 0 Å². The van der Waals surface area contributed by atoms with E-state index in [1.807, 2.05) is 26.4 Å². The zero-order chi connectivity index (χ0) is 20.7. The average Bonchev–Trinajstić information content (AvgIpc) is 3.33. The molecule has 7 heteroatoms. The first-order valence-electron chi connectivity index (χ1n) is 10.4. The van der Waals surface area contributed by atoms with Crippen LogP contribution in [-0.4, -0.2) is 45.6 Å². The Hall–Kier alpha value is -2.93. The molecule has 30 heavy (non-hydrogen) atoms. The van der Waals surface area contributed by atoms with Gasteiger partial charge in [-0.2, -0.15) is 0 Å². The van der Waals surface area contributed by atoms with Crippen LogP contribution in [0.2, 0.25) is 0 Å². The zero-order valence-electron chi connectivity index (χ0n) is 17.3. The number of rotatable bonds is 4. The van der Waals surface area contributed by atoms with Gasteiger partial charge in [-0.05, 0) is 37.3 Å². The van der Waals surface area contributed by atoms with Crippen LogP contribution in [0.15, 0.2) is 48.8 Å². The maximum atomic E-state index is 6.45. The van der Waals surface area contributed by atoms with E-state index in [9.17, 15) is 0 Å². The summed E-state index contributed by atoms with van der Waals surface area (Å²) in [6.07, 6.45) is 3.99. The van der Waals surface area contributed by atoms with Gasteiger partial charge in [-0.3, -0.25) is 0 Å². The molecule has 4 aromatic rings. The molecule has 3 heterocycles. The Morgan fingerprint density at radius 1 is 1.13 bits per heavy atom. The van der Waals surface area contributed by atoms with Crippen molar-refractivity contribution in [3.8, 4) is 11.3 Å². The second kappa shape index (κ2) is 7.72. The molecular weight excluding hydrogens is 373 g/mol. The predicted molar refractivity (Wildman–Crippen MR) is 118 cm³/mol. The third kappa shape index (κ3) is 3.23. The molecule has 0 N–H and O–H groups in total. The number of benzene rings is 2. The largest absolute Gasteiger partial charge is 0.381 e. The Labute approximate surface area is 177 Å². The van der Waals surface area contributed by atoms with Crippen molar-refractivity contribution in [1.29, 1.82) is 0 Å². The first-order valence-corrected chi connectivity index (χ1v) is 10.4. The van der Waals surface area contributed by atoms with Gasteiger partial charge in [0.1, 0.15) is 7.85 Å². The lowest BCUT2D eigenvalue weighted by Crippen LogP contribution is -2.26. The molecule has 1 aliphatic heterocycles. The van der Waals surface area contributed by atoms with E-state index in [4.69, 9.17) is 17.6 Å². The number of aromatic nitrogens is 5. The summed E-state index contributed by atoms with van der Waals surface area (Å²) in [6.45, 7) is 3.57. The molecule has 2 radical (unpaired) electrons. The van der Waals surface area contributed by atoms with Gasteiger partial charge in [-0.15, -0.1) is 5.10 Å². The van der Waals surface area contributed by atoms with Crippen LogP contribution in [0, 0.1) is 12.8 Å². The summed E-state index contributed by atoms with van der Waals surface area (Å²) in [5, 5.41) is 8.36. The van der Waals surface area contributed by atoms with Crippen LogP contribution in [0.1, 0.15) is 30.1 Å². The fraction of sp³-hybridized carbons (Fsp3) is 0.348. The quantitative estimate of drug-likeness (QED) is 0.497. The lowest BCUT2D eigenvalue weighted by Gasteiger charge is -2.32. The molecule has 2 aromatic carbocycles. The Bertz CT molecular complexity index is 1160. The van der Waals surface area contributed by atoms with E-state index in [-0.39, 0.29) is 6.04 Å². The molecule has 1 fully saturated rings. The molecule has 2 aromatic heterocycles. The van der Waals surface area contributed by atoms with Gasteiger partial charge in [0, 0.05) is 25.8 Å². The maximum Gasteiger partial charge on any atom is 0.116 e. The summed E-state index contributed by atoms with van der Waals surface area (Å²) in [5.41, 5.74) is 6.67. The molecule has 6 nitrogen and oxygen atoms in total. The van der Waals surface area contributed by atoms with Crippen molar-refractivity contribution in [2.24, 2.45) is 13.0 Å². The average molecular weight is 397 g/mol. The van der Waals surface area contributed by atoms with Gasteiger partial charge in [0.15, 0.2) is 0 Å². The van der Waals surface area contributed by atoms with Crippen molar-refractivity contribution >= 4 is 24.3 Å². The van der Waals surface area contributed by atoms with E-state index in [0.717, 1.165) is 54.0 Å². The van der Waals surface area contributed by atoms with E-state index in [2.05, 4.69) is 51.3 Å². The number of fused-ring (bicyclic) bond motifs is 1. The van der Waals surface area contributed by atoms with E-state index >= 15 is 0 Å². The smallest absolute Gasteiger partial charge is 0.116 e. The highest BCUT2D eigenvalue weighted by Crippen LogP contribution is 2.36. The molecule has 0 saturated carbocycles. The van der Waals surface area contributed by atoms with Crippen LogP contribution < -0.4 is 5.46 Å². The van der Waals surface area contributed by atoms with Gasteiger partial charge in [0.05, 0.1) is 34.8 Å². The van der Waals surface area contributed by atoms with Crippen LogP contribution in [-0.2, 0) is 11.8 Å². The number of imidazole rings is 1. The number of ether oxygens (including phenoxy) is 1. The minimum Gasteiger partial charge on any atom is -0.381 e. The molecule has 5 rings (SSSR count). The molecular formula is C23H24BN5O. The fourth-order valence-corrected chi connectivity index (χ4v) is 4.72. The van der Waals surface area contributed by atoms with Crippen molar-refractivity contribution in [2.75, 3.05) is 13.2 Å². The van der Waals surface area contributed by atoms with Gasteiger partial charge in [0.2, 0.25) is 0 Å². The van der Waals surface area contributed by atoms with Gasteiger partial charge in [-0.1, -0.05) is 47.1 Å². The van der Waals surface area contributed by atoms with Crippen LogP contribution in [0.4, 0.5) is 0 Å². The van der Waals surface area contributed by atoms with Crippen molar-refractivity contribution in [1.82, 2.24) is 24.5 Å². The molecule has 0 aliphatic carbocycles. The standard InChI is InChI=1S/C23H24BN5O/c1-15-22(28(2)27-26-15)18-12-19(24)21-20(13-18)29(14-25-21)23(16-6-4-3-5-7-16)17-8-10-30-11-9-17/h3-7,12-14,17,23H,8-11H2,1-2H3. The molecule has 0 amide bonds. The lowest BCUT2D eigenvalue weighted by atomic mass is 9.86. The molecule has 1 unspecified atom stereocenters. The van der Waals surface area contributed by atoms with Gasteiger partial charge >= 0.3 is 0 Å². The molecule has 1 saturated heterocycles. The molecule has 0 bridgehead atoms. The monoisotopic (exact) mass is 397 g/mol. The predicted octanol–water partition coefficient (Wildman–Crippen LogP) is 2.95. The molecule has 1 aliphatic rings. The van der Waals surface area contributed by atoms with E-state index in [1.54, 1.807) is 4.68 Å². The minimum absolute atomic E-state index is 0.181. The number of nitrogens with zero attached hydrogens (tertiary/aromatic N) is 5. The third-order valence-electron chi connectivity index (χ3n) is 6.13. The van der Waals surface area contributed by atoms with Gasteiger partial charge in [0.25, 0.3) is 0 Å². The number of hydrogen-bond donors (Lipinski definition) is 0. The first kappa shape index (κ1) is 19.1. The lowest BCUT2D eigenvalue weighted by molar-refractivity contribution is 0.0547. The van der Waals surface area contributed by atoms with E-state index < -0.39 is 0 Å². The van der Waals surface area contributed by atoms with Crippen LogP contribution in [0.5, 0.6) is 0 Å².